The highest BCUT2D eigenvalue weighted by Crippen LogP contribution is 2.67. The van der Waals surface area contributed by atoms with Crippen molar-refractivity contribution in [2.45, 2.75) is 8.67 Å². The van der Waals surface area contributed by atoms with E-state index in [9.17, 15) is 0 Å². The largest absolute Gasteiger partial charge is 0.169 e. The van der Waals surface area contributed by atoms with Crippen LogP contribution in [0.1, 0.15) is 22.3 Å². The molecule has 0 saturated carbocycles. The Kier molecular flexibility index (Phi) is 2.58. The van der Waals surface area contributed by atoms with Crippen LogP contribution < -0.4 is 0 Å². The first-order valence-electron chi connectivity index (χ1n) is 6.16. The molecule has 4 rings (SSSR count). The number of hydrogen-bond acceptors (Lipinski definition) is 0. The molecular formula is C16H8Cl4. The summed E-state index contributed by atoms with van der Waals surface area (Å²) in [5.41, 5.74) is 5.15. The molecule has 0 atom stereocenters. The second kappa shape index (κ2) is 3.96. The maximum absolute atomic E-state index is 6.64. The van der Waals surface area contributed by atoms with Crippen LogP contribution >= 0.6 is 46.4 Å². The predicted octanol–water partition coefficient (Wildman–Crippen LogP) is 5.89. The van der Waals surface area contributed by atoms with Crippen molar-refractivity contribution in [1.82, 2.24) is 0 Å². The van der Waals surface area contributed by atoms with Gasteiger partial charge in [-0.25, -0.2) is 0 Å². The van der Waals surface area contributed by atoms with Crippen molar-refractivity contribution in [2.75, 3.05) is 0 Å². The van der Waals surface area contributed by atoms with E-state index in [1.807, 2.05) is 48.5 Å². The third-order valence-corrected chi connectivity index (χ3v) is 5.52. The van der Waals surface area contributed by atoms with Crippen LogP contribution in [0.4, 0.5) is 0 Å². The van der Waals surface area contributed by atoms with E-state index >= 15 is 0 Å². The van der Waals surface area contributed by atoms with Crippen molar-refractivity contribution < 1.29 is 0 Å². The first kappa shape index (κ1) is 13.0. The van der Waals surface area contributed by atoms with Gasteiger partial charge in [0.1, 0.15) is 0 Å². The zero-order valence-electron chi connectivity index (χ0n) is 10.1. The van der Waals surface area contributed by atoms with E-state index in [0.717, 1.165) is 33.4 Å². The van der Waals surface area contributed by atoms with Gasteiger partial charge in [0.15, 0.2) is 8.67 Å². The highest BCUT2D eigenvalue weighted by molar-refractivity contribution is 6.62. The quantitative estimate of drug-likeness (QED) is 0.524. The number of rotatable bonds is 0. The summed E-state index contributed by atoms with van der Waals surface area (Å²) in [6.45, 7) is 0. The molecule has 0 amide bonds. The Hall–Kier alpha value is -0.660. The van der Waals surface area contributed by atoms with E-state index < -0.39 is 8.67 Å². The van der Waals surface area contributed by atoms with Gasteiger partial charge in [-0.05, 0) is 22.3 Å². The van der Waals surface area contributed by atoms with Gasteiger partial charge in [0.25, 0.3) is 0 Å². The van der Waals surface area contributed by atoms with Crippen molar-refractivity contribution in [3.05, 3.63) is 70.8 Å². The van der Waals surface area contributed by atoms with E-state index in [1.165, 1.54) is 0 Å². The number of halogens is 4. The third-order valence-electron chi connectivity index (χ3n) is 3.95. The van der Waals surface area contributed by atoms with E-state index in [-0.39, 0.29) is 0 Å². The third kappa shape index (κ3) is 1.41. The van der Waals surface area contributed by atoms with Crippen molar-refractivity contribution in [3.8, 4) is 0 Å². The summed E-state index contributed by atoms with van der Waals surface area (Å²) in [5, 5.41) is 0. The summed E-state index contributed by atoms with van der Waals surface area (Å²) in [4.78, 5) is 0. The highest BCUT2D eigenvalue weighted by Gasteiger charge is 2.54. The fourth-order valence-electron chi connectivity index (χ4n) is 3.14. The lowest BCUT2D eigenvalue weighted by Gasteiger charge is -2.22. The van der Waals surface area contributed by atoms with Crippen molar-refractivity contribution >= 4 is 57.5 Å². The minimum Gasteiger partial charge on any atom is -0.0909 e. The van der Waals surface area contributed by atoms with E-state index in [4.69, 9.17) is 46.4 Å². The van der Waals surface area contributed by atoms with E-state index in [2.05, 4.69) is 0 Å². The van der Waals surface area contributed by atoms with Gasteiger partial charge in [-0.1, -0.05) is 94.9 Å². The van der Waals surface area contributed by atoms with Crippen LogP contribution in [0.15, 0.2) is 48.5 Å². The average Bonchev–Trinajstić information content (AvgIpc) is 2.82. The van der Waals surface area contributed by atoms with Gasteiger partial charge >= 0.3 is 0 Å². The Morgan fingerprint density at radius 2 is 0.900 bits per heavy atom. The second-order valence-corrected chi connectivity index (χ2v) is 7.64. The monoisotopic (exact) mass is 340 g/mol. The fraction of sp³-hybridized carbons (Fsp3) is 0.125. The minimum absolute atomic E-state index is 0.808. The van der Waals surface area contributed by atoms with Crippen molar-refractivity contribution in [3.63, 3.8) is 0 Å². The summed E-state index contributed by atoms with van der Waals surface area (Å²) in [6, 6.07) is 15.5. The maximum Gasteiger partial charge on any atom is 0.169 e. The highest BCUT2D eigenvalue weighted by atomic mass is 35.5. The molecule has 0 spiro atoms. The molecule has 2 aromatic carbocycles. The zero-order chi connectivity index (χ0) is 14.1. The summed E-state index contributed by atoms with van der Waals surface area (Å²) >= 11 is 26.6. The predicted molar refractivity (Wildman–Crippen MR) is 86.5 cm³/mol. The molecule has 0 fully saturated rings. The first-order valence-corrected chi connectivity index (χ1v) is 7.67. The number of benzene rings is 2. The molecule has 0 nitrogen and oxygen atoms in total. The topological polar surface area (TPSA) is 0 Å². The smallest absolute Gasteiger partial charge is 0.0909 e. The number of fused-ring (bicyclic) bond motifs is 4. The number of hydrogen-bond donors (Lipinski definition) is 0. The van der Waals surface area contributed by atoms with E-state index in [1.54, 1.807) is 0 Å². The SMILES string of the molecule is ClC1(Cl)C2=C(c3ccccc31)C(Cl)(Cl)c1ccccc12. The molecule has 0 saturated heterocycles. The molecule has 0 aliphatic heterocycles. The minimum atomic E-state index is -1.12. The Morgan fingerprint density at radius 3 is 1.30 bits per heavy atom. The van der Waals surface area contributed by atoms with Crippen molar-refractivity contribution in [1.29, 1.82) is 0 Å². The Bertz CT molecular complexity index is 706. The summed E-state index contributed by atoms with van der Waals surface area (Å²) in [5.74, 6) is 0. The average molecular weight is 342 g/mol. The fourth-order valence-corrected chi connectivity index (χ4v) is 4.59. The number of alkyl halides is 4. The normalized spacial score (nSPS) is 20.6. The van der Waals surface area contributed by atoms with Gasteiger partial charge in [0.2, 0.25) is 0 Å². The van der Waals surface area contributed by atoms with Gasteiger partial charge in [0, 0.05) is 11.1 Å². The molecule has 0 aromatic heterocycles. The van der Waals surface area contributed by atoms with Crippen LogP contribution in [0.3, 0.4) is 0 Å². The molecular weight excluding hydrogens is 334 g/mol. The lowest BCUT2D eigenvalue weighted by Crippen LogP contribution is -2.12. The second-order valence-electron chi connectivity index (χ2n) is 4.99. The van der Waals surface area contributed by atoms with E-state index in [0.29, 0.717) is 0 Å². The molecule has 0 N–H and O–H groups in total. The molecule has 0 radical (unpaired) electrons. The summed E-state index contributed by atoms with van der Waals surface area (Å²) in [6.07, 6.45) is 0. The maximum atomic E-state index is 6.64. The molecule has 0 unspecified atom stereocenters. The number of allylic oxidation sites excluding steroid dienone is 2. The van der Waals surface area contributed by atoms with Crippen LogP contribution in [-0.2, 0) is 8.67 Å². The molecule has 20 heavy (non-hydrogen) atoms. The molecule has 100 valence electrons. The Morgan fingerprint density at radius 1 is 0.550 bits per heavy atom. The van der Waals surface area contributed by atoms with Gasteiger partial charge in [0.05, 0.1) is 0 Å². The van der Waals surface area contributed by atoms with Gasteiger partial charge in [-0.15, -0.1) is 0 Å². The molecule has 2 aromatic rings. The van der Waals surface area contributed by atoms with Crippen molar-refractivity contribution in [2.24, 2.45) is 0 Å². The Labute approximate surface area is 136 Å². The molecule has 0 bridgehead atoms. The zero-order valence-corrected chi connectivity index (χ0v) is 13.2. The molecule has 0 heterocycles. The molecule has 2 aliphatic rings. The van der Waals surface area contributed by atoms with Crippen LogP contribution in [0, 0.1) is 0 Å². The van der Waals surface area contributed by atoms with Gasteiger partial charge in [-0.2, -0.15) is 0 Å². The van der Waals surface area contributed by atoms with Crippen LogP contribution in [0.5, 0.6) is 0 Å². The summed E-state index contributed by atoms with van der Waals surface area (Å²) in [7, 11) is 0. The van der Waals surface area contributed by atoms with Crippen LogP contribution in [0.25, 0.3) is 11.1 Å². The molecule has 4 heteroatoms. The lowest BCUT2D eigenvalue weighted by atomic mass is 9.98. The first-order chi connectivity index (χ1) is 9.45. The van der Waals surface area contributed by atoms with Gasteiger partial charge < -0.3 is 0 Å². The standard InChI is InChI=1S/C16H8Cl4/c17-15(18)11-7-3-1-5-9(11)13-14(15)10-6-2-4-8-12(10)16(13,19)20/h1-8H. The molecule has 2 aliphatic carbocycles. The Balaban J connectivity index is 2.13. The van der Waals surface area contributed by atoms with Crippen LogP contribution in [0.2, 0.25) is 0 Å². The lowest BCUT2D eigenvalue weighted by molar-refractivity contribution is 1.11. The van der Waals surface area contributed by atoms with Gasteiger partial charge in [-0.3, -0.25) is 0 Å². The summed E-state index contributed by atoms with van der Waals surface area (Å²) < 4.78 is -2.23. The van der Waals surface area contributed by atoms with Crippen LogP contribution in [-0.4, -0.2) is 0 Å².